The van der Waals surface area contributed by atoms with E-state index in [1.54, 1.807) is 6.92 Å². The Balaban J connectivity index is 1.47. The number of nitrogens with zero attached hydrogens (tertiary/aromatic N) is 2. The van der Waals surface area contributed by atoms with Crippen molar-refractivity contribution in [1.29, 1.82) is 0 Å². The number of alkyl halides is 3. The molecule has 12 heteroatoms. The summed E-state index contributed by atoms with van der Waals surface area (Å²) in [5.41, 5.74) is 3.11. The molecular formula is C26H31F3N4O4S. The van der Waals surface area contributed by atoms with Crippen molar-refractivity contribution < 1.29 is 31.1 Å². The van der Waals surface area contributed by atoms with Gasteiger partial charge in [0.25, 0.3) is 5.91 Å². The highest BCUT2D eigenvalue weighted by atomic mass is 32.2. The molecule has 1 spiro atoms. The van der Waals surface area contributed by atoms with Gasteiger partial charge in [-0.2, -0.15) is 0 Å². The highest BCUT2D eigenvalue weighted by Gasteiger charge is 2.48. The molecule has 38 heavy (non-hydrogen) atoms. The number of nitrogens with one attached hydrogen (secondary N) is 2. The zero-order valence-corrected chi connectivity index (χ0v) is 22.5. The SMILES string of the molecule is CNc1cc(C)c(CC(C)S(=O)(=O)N2CCC3(CC2)N=C(c2cccc(OC(F)(F)F)c2)NC3=O)c(C)c1. The average Bonchev–Trinajstić information content (AvgIpc) is 3.15. The van der Waals surface area contributed by atoms with E-state index < -0.39 is 38.8 Å². The summed E-state index contributed by atoms with van der Waals surface area (Å²) in [5, 5.41) is 5.09. The van der Waals surface area contributed by atoms with Crippen LogP contribution in [0.15, 0.2) is 41.4 Å². The lowest BCUT2D eigenvalue weighted by molar-refractivity contribution is -0.274. The van der Waals surface area contributed by atoms with Crippen molar-refractivity contribution in [2.45, 2.75) is 57.2 Å². The van der Waals surface area contributed by atoms with Crippen LogP contribution in [0.3, 0.4) is 0 Å². The zero-order valence-electron chi connectivity index (χ0n) is 21.6. The van der Waals surface area contributed by atoms with Gasteiger partial charge in [0.1, 0.15) is 17.1 Å². The molecule has 1 fully saturated rings. The highest BCUT2D eigenvalue weighted by molar-refractivity contribution is 7.89. The summed E-state index contributed by atoms with van der Waals surface area (Å²) in [7, 11) is -1.81. The number of halogens is 3. The number of rotatable bonds is 7. The van der Waals surface area contributed by atoms with Crippen LogP contribution in [0.25, 0.3) is 0 Å². The Labute approximate surface area is 220 Å². The minimum absolute atomic E-state index is 0.116. The van der Waals surface area contributed by atoms with Crippen LogP contribution in [0.4, 0.5) is 18.9 Å². The van der Waals surface area contributed by atoms with Gasteiger partial charge in [0, 0.05) is 31.4 Å². The largest absolute Gasteiger partial charge is 0.573 e. The molecule has 0 radical (unpaired) electrons. The lowest BCUT2D eigenvalue weighted by Gasteiger charge is -2.36. The number of amides is 1. The van der Waals surface area contributed by atoms with Gasteiger partial charge in [-0.15, -0.1) is 13.2 Å². The van der Waals surface area contributed by atoms with Crippen LogP contribution in [-0.4, -0.2) is 61.8 Å². The van der Waals surface area contributed by atoms with E-state index in [2.05, 4.69) is 20.4 Å². The van der Waals surface area contributed by atoms with E-state index in [0.29, 0.717) is 6.42 Å². The molecule has 1 atom stereocenters. The number of amidine groups is 1. The number of anilines is 1. The Morgan fingerprint density at radius 3 is 2.37 bits per heavy atom. The van der Waals surface area contributed by atoms with Gasteiger partial charge in [0.2, 0.25) is 10.0 Å². The number of hydrogen-bond acceptors (Lipinski definition) is 6. The van der Waals surface area contributed by atoms with Crippen LogP contribution in [-0.2, 0) is 21.2 Å². The third-order valence-electron chi connectivity index (χ3n) is 7.22. The summed E-state index contributed by atoms with van der Waals surface area (Å²) in [4.78, 5) is 17.4. The van der Waals surface area contributed by atoms with E-state index >= 15 is 0 Å². The fraction of sp³-hybridized carbons (Fsp3) is 0.462. The maximum Gasteiger partial charge on any atom is 0.573 e. The van der Waals surface area contributed by atoms with Gasteiger partial charge < -0.3 is 15.4 Å². The van der Waals surface area contributed by atoms with Gasteiger partial charge in [-0.3, -0.25) is 9.79 Å². The first-order valence-corrected chi connectivity index (χ1v) is 13.8. The third-order valence-corrected chi connectivity index (χ3v) is 9.48. The van der Waals surface area contributed by atoms with Crippen LogP contribution in [0.2, 0.25) is 0 Å². The Morgan fingerprint density at radius 1 is 1.16 bits per heavy atom. The molecule has 206 valence electrons. The molecule has 1 amide bonds. The van der Waals surface area contributed by atoms with Gasteiger partial charge in [0.15, 0.2) is 0 Å². The number of benzene rings is 2. The fourth-order valence-corrected chi connectivity index (χ4v) is 6.63. The summed E-state index contributed by atoms with van der Waals surface area (Å²) >= 11 is 0. The average molecular weight is 553 g/mol. The van der Waals surface area contributed by atoms with Crippen LogP contribution in [0.5, 0.6) is 5.75 Å². The molecule has 2 aliphatic rings. The molecule has 2 N–H and O–H groups in total. The number of aryl methyl sites for hydroxylation is 2. The van der Waals surface area contributed by atoms with E-state index in [0.717, 1.165) is 34.5 Å². The number of carbonyl (C=O) groups is 1. The minimum atomic E-state index is -4.84. The molecule has 1 unspecified atom stereocenters. The monoisotopic (exact) mass is 552 g/mol. The van der Waals surface area contributed by atoms with Crippen molar-refractivity contribution in [3.63, 3.8) is 0 Å². The van der Waals surface area contributed by atoms with Gasteiger partial charge in [0.05, 0.1) is 5.25 Å². The van der Waals surface area contributed by atoms with Crippen LogP contribution < -0.4 is 15.4 Å². The van der Waals surface area contributed by atoms with Crippen molar-refractivity contribution in [3.8, 4) is 5.75 Å². The molecule has 0 saturated carbocycles. The number of carbonyl (C=O) groups excluding carboxylic acids is 1. The van der Waals surface area contributed by atoms with Crippen molar-refractivity contribution >= 4 is 27.5 Å². The normalized spacial score (nSPS) is 18.7. The van der Waals surface area contributed by atoms with Gasteiger partial charge in [-0.05, 0) is 81.0 Å². The first kappa shape index (κ1) is 27.9. The van der Waals surface area contributed by atoms with Crippen molar-refractivity contribution in [1.82, 2.24) is 9.62 Å². The maximum atomic E-state index is 13.4. The zero-order chi connectivity index (χ0) is 27.9. The number of aliphatic imine (C=N–C) groups is 1. The first-order chi connectivity index (χ1) is 17.7. The van der Waals surface area contributed by atoms with Gasteiger partial charge in [-0.1, -0.05) is 12.1 Å². The van der Waals surface area contributed by atoms with Gasteiger partial charge in [-0.25, -0.2) is 12.7 Å². The van der Waals surface area contributed by atoms with Crippen LogP contribution in [0, 0.1) is 13.8 Å². The summed E-state index contributed by atoms with van der Waals surface area (Å²) in [6, 6.07) is 9.20. The fourth-order valence-electron chi connectivity index (χ4n) is 5.05. The molecule has 0 aliphatic carbocycles. The van der Waals surface area contributed by atoms with Crippen molar-refractivity contribution in [2.75, 3.05) is 25.5 Å². The number of sulfonamides is 1. The van der Waals surface area contributed by atoms with Crippen LogP contribution >= 0.6 is 0 Å². The molecular weight excluding hydrogens is 521 g/mol. The number of ether oxygens (including phenoxy) is 1. The molecule has 1 saturated heterocycles. The van der Waals surface area contributed by atoms with E-state index in [9.17, 15) is 26.4 Å². The molecule has 0 bridgehead atoms. The summed E-state index contributed by atoms with van der Waals surface area (Å²) < 4.78 is 70.0. The first-order valence-electron chi connectivity index (χ1n) is 12.3. The summed E-state index contributed by atoms with van der Waals surface area (Å²) in [6.45, 7) is 5.85. The maximum absolute atomic E-state index is 13.4. The van der Waals surface area contributed by atoms with E-state index in [1.165, 1.54) is 16.4 Å². The summed E-state index contributed by atoms with van der Waals surface area (Å²) in [5.74, 6) is -0.673. The quantitative estimate of drug-likeness (QED) is 0.543. The smallest absolute Gasteiger partial charge is 0.406 e. The second-order valence-electron chi connectivity index (χ2n) is 9.82. The van der Waals surface area contributed by atoms with Crippen LogP contribution in [0.1, 0.15) is 42.0 Å². The number of piperidine rings is 1. The molecule has 8 nitrogen and oxygen atoms in total. The van der Waals surface area contributed by atoms with Crippen molar-refractivity contribution in [2.24, 2.45) is 4.99 Å². The predicted molar refractivity (Wildman–Crippen MR) is 139 cm³/mol. The van der Waals surface area contributed by atoms with E-state index in [1.807, 2.05) is 33.0 Å². The van der Waals surface area contributed by atoms with E-state index in [4.69, 9.17) is 0 Å². The topological polar surface area (TPSA) is 100 Å². The highest BCUT2D eigenvalue weighted by Crippen LogP contribution is 2.34. The molecule has 2 aliphatic heterocycles. The van der Waals surface area contributed by atoms with E-state index in [-0.39, 0.29) is 37.3 Å². The molecule has 2 aromatic carbocycles. The Bertz CT molecular complexity index is 1340. The second kappa shape index (κ2) is 10.2. The minimum Gasteiger partial charge on any atom is -0.406 e. The predicted octanol–water partition coefficient (Wildman–Crippen LogP) is 3.92. The number of hydrogen-bond donors (Lipinski definition) is 2. The lowest BCUT2D eigenvalue weighted by atomic mass is 9.89. The summed E-state index contributed by atoms with van der Waals surface area (Å²) in [6.07, 6.45) is -4.14. The molecule has 4 rings (SSSR count). The molecule has 0 aromatic heterocycles. The van der Waals surface area contributed by atoms with Gasteiger partial charge >= 0.3 is 6.36 Å². The molecule has 2 heterocycles. The lowest BCUT2D eigenvalue weighted by Crippen LogP contribution is -2.52. The third kappa shape index (κ3) is 5.65. The standard InChI is InChI=1S/C26H31F3N4O4S/c1-16-12-20(30-4)13-17(2)22(16)14-18(3)38(35,36)33-10-8-25(9-11-33)24(34)31-23(32-25)19-6-5-7-21(15-19)37-26(27,28)29/h5-7,12-13,15,18,30H,8-11,14H2,1-4H3,(H,31,32,34). The Hall–Kier alpha value is -3.12. The molecule has 2 aromatic rings. The Kier molecular flexibility index (Phi) is 7.50. The van der Waals surface area contributed by atoms with Crippen molar-refractivity contribution in [3.05, 3.63) is 58.7 Å². The second-order valence-corrected chi connectivity index (χ2v) is 12.2. The Morgan fingerprint density at radius 2 is 1.79 bits per heavy atom.